The van der Waals surface area contributed by atoms with Crippen molar-refractivity contribution in [2.75, 3.05) is 5.32 Å². The van der Waals surface area contributed by atoms with Crippen molar-refractivity contribution in [3.05, 3.63) is 102 Å². The molecule has 4 rings (SSSR count). The van der Waals surface area contributed by atoms with Crippen molar-refractivity contribution in [2.24, 2.45) is 0 Å². The molecule has 5 heteroatoms. The Kier molecular flexibility index (Phi) is 4.89. The van der Waals surface area contributed by atoms with Crippen molar-refractivity contribution in [1.29, 1.82) is 0 Å². The number of rotatable bonds is 4. The first-order valence-corrected chi connectivity index (χ1v) is 9.00. The van der Waals surface area contributed by atoms with Crippen LogP contribution >= 0.6 is 0 Å². The number of amides is 2. The number of fused-ring (bicyclic) bond motifs is 1. The third-order valence-corrected chi connectivity index (χ3v) is 4.59. The molecule has 2 amide bonds. The van der Waals surface area contributed by atoms with Gasteiger partial charge in [0.15, 0.2) is 0 Å². The molecule has 138 valence electrons. The van der Waals surface area contributed by atoms with E-state index < -0.39 is 17.9 Å². The van der Waals surface area contributed by atoms with Crippen molar-refractivity contribution in [3.63, 3.8) is 0 Å². The van der Waals surface area contributed by atoms with E-state index in [9.17, 15) is 9.59 Å². The molecule has 5 nitrogen and oxygen atoms in total. The molecular formula is C23H19N3O2. The zero-order chi connectivity index (χ0) is 19.3. The molecule has 28 heavy (non-hydrogen) atoms. The zero-order valence-corrected chi connectivity index (χ0v) is 15.1. The molecule has 4 aromatic rings. The number of hydrogen-bond acceptors (Lipinski definition) is 2. The fourth-order valence-electron chi connectivity index (χ4n) is 3.22. The molecule has 0 bridgehead atoms. The highest BCUT2D eigenvalue weighted by Gasteiger charge is 2.21. The van der Waals surface area contributed by atoms with Gasteiger partial charge in [-0.15, -0.1) is 0 Å². The van der Waals surface area contributed by atoms with Gasteiger partial charge in [0.1, 0.15) is 0 Å². The van der Waals surface area contributed by atoms with Crippen LogP contribution in [0.1, 0.15) is 17.2 Å². The molecule has 1 heterocycles. The van der Waals surface area contributed by atoms with E-state index >= 15 is 0 Å². The van der Waals surface area contributed by atoms with Crippen LogP contribution in [-0.4, -0.2) is 16.8 Å². The number of nitrogens with one attached hydrogen (secondary N) is 3. The van der Waals surface area contributed by atoms with Crippen molar-refractivity contribution in [3.8, 4) is 0 Å². The highest BCUT2D eigenvalue weighted by atomic mass is 16.2. The predicted molar refractivity (Wildman–Crippen MR) is 110 cm³/mol. The minimum Gasteiger partial charge on any atom is -0.361 e. The lowest BCUT2D eigenvalue weighted by Gasteiger charge is -2.19. The molecule has 0 fully saturated rings. The number of carbonyl (C=O) groups is 2. The van der Waals surface area contributed by atoms with Crippen LogP contribution in [-0.2, 0) is 9.59 Å². The average molecular weight is 369 g/mol. The number of H-pyrrole nitrogens is 1. The molecule has 1 aromatic heterocycles. The number of aromatic nitrogens is 1. The quantitative estimate of drug-likeness (QED) is 0.476. The summed E-state index contributed by atoms with van der Waals surface area (Å²) in [6, 6.07) is 26.1. The summed E-state index contributed by atoms with van der Waals surface area (Å²) in [5.41, 5.74) is 3.30. The number of carbonyl (C=O) groups excluding carboxylic acids is 2. The summed E-state index contributed by atoms with van der Waals surface area (Å²) >= 11 is 0. The highest BCUT2D eigenvalue weighted by molar-refractivity contribution is 6.40. The molecule has 0 saturated carbocycles. The fourth-order valence-corrected chi connectivity index (χ4v) is 3.22. The molecule has 3 aromatic carbocycles. The molecule has 0 aliphatic carbocycles. The van der Waals surface area contributed by atoms with E-state index in [0.29, 0.717) is 5.69 Å². The largest absolute Gasteiger partial charge is 0.361 e. The summed E-state index contributed by atoms with van der Waals surface area (Å²) < 4.78 is 0. The van der Waals surface area contributed by atoms with Gasteiger partial charge >= 0.3 is 11.8 Å². The Morgan fingerprint density at radius 2 is 1.36 bits per heavy atom. The molecule has 0 aliphatic rings. The number of hydrogen-bond donors (Lipinski definition) is 3. The van der Waals surface area contributed by atoms with Crippen molar-refractivity contribution in [2.45, 2.75) is 6.04 Å². The van der Waals surface area contributed by atoms with Crippen LogP contribution in [0.15, 0.2) is 91.1 Å². The maximum absolute atomic E-state index is 12.6. The van der Waals surface area contributed by atoms with E-state index in [1.807, 2.05) is 78.9 Å². The van der Waals surface area contributed by atoms with E-state index in [0.717, 1.165) is 22.0 Å². The van der Waals surface area contributed by atoms with Crippen molar-refractivity contribution >= 4 is 28.4 Å². The predicted octanol–water partition coefficient (Wildman–Crippen LogP) is 4.01. The van der Waals surface area contributed by atoms with E-state index in [-0.39, 0.29) is 0 Å². The molecule has 0 atom stereocenters. The normalized spacial score (nSPS) is 10.8. The molecule has 0 unspecified atom stereocenters. The van der Waals surface area contributed by atoms with Gasteiger partial charge in [-0.1, -0.05) is 66.7 Å². The summed E-state index contributed by atoms with van der Waals surface area (Å²) in [6.07, 6.45) is 1.79. The van der Waals surface area contributed by atoms with Gasteiger partial charge in [0.05, 0.1) is 11.7 Å². The standard InChI is InChI=1S/C23H19N3O2/c27-22(25-20-13-7-12-19-18(20)14-15-24-19)23(28)26-21(16-8-3-1-4-9-16)17-10-5-2-6-11-17/h1-15,21,24H,(H,25,27)(H,26,28). The first-order valence-electron chi connectivity index (χ1n) is 9.00. The van der Waals surface area contributed by atoms with Crippen LogP contribution < -0.4 is 10.6 Å². The minimum absolute atomic E-state index is 0.413. The Hall–Kier alpha value is -3.86. The molecule has 0 saturated heterocycles. The lowest BCUT2D eigenvalue weighted by Crippen LogP contribution is -2.38. The van der Waals surface area contributed by atoms with Crippen LogP contribution in [0, 0.1) is 0 Å². The summed E-state index contributed by atoms with van der Waals surface area (Å²) in [5, 5.41) is 6.41. The first kappa shape index (κ1) is 17.5. The second-order valence-electron chi connectivity index (χ2n) is 6.43. The Morgan fingerprint density at radius 1 is 0.714 bits per heavy atom. The van der Waals surface area contributed by atoms with E-state index in [1.165, 1.54) is 0 Å². The van der Waals surface area contributed by atoms with Crippen LogP contribution in [0.4, 0.5) is 5.69 Å². The Labute approximate surface area is 162 Å². The van der Waals surface area contributed by atoms with Crippen LogP contribution in [0.25, 0.3) is 10.9 Å². The third-order valence-electron chi connectivity index (χ3n) is 4.59. The van der Waals surface area contributed by atoms with Gasteiger partial charge in [-0.3, -0.25) is 9.59 Å². The van der Waals surface area contributed by atoms with Gasteiger partial charge in [-0.25, -0.2) is 0 Å². The fraction of sp³-hybridized carbons (Fsp3) is 0.0435. The van der Waals surface area contributed by atoms with E-state index in [1.54, 1.807) is 12.3 Å². The SMILES string of the molecule is O=C(Nc1cccc2[nH]ccc12)C(=O)NC(c1ccccc1)c1ccccc1. The van der Waals surface area contributed by atoms with Crippen molar-refractivity contribution in [1.82, 2.24) is 10.3 Å². The Balaban J connectivity index is 1.56. The maximum Gasteiger partial charge on any atom is 0.313 e. The summed E-state index contributed by atoms with van der Waals surface area (Å²) in [7, 11) is 0. The monoisotopic (exact) mass is 369 g/mol. The van der Waals surface area contributed by atoms with Gasteiger partial charge in [0.2, 0.25) is 0 Å². The van der Waals surface area contributed by atoms with Gasteiger partial charge in [-0.05, 0) is 29.3 Å². The summed E-state index contributed by atoms with van der Waals surface area (Å²) in [6.45, 7) is 0. The number of aromatic amines is 1. The van der Waals surface area contributed by atoms with Crippen LogP contribution in [0.5, 0.6) is 0 Å². The zero-order valence-electron chi connectivity index (χ0n) is 15.1. The number of anilines is 1. The topological polar surface area (TPSA) is 74.0 Å². The second kappa shape index (κ2) is 7.80. The van der Waals surface area contributed by atoms with E-state index in [2.05, 4.69) is 15.6 Å². The summed E-state index contributed by atoms with van der Waals surface area (Å²) in [4.78, 5) is 28.3. The smallest absolute Gasteiger partial charge is 0.313 e. The van der Waals surface area contributed by atoms with E-state index in [4.69, 9.17) is 0 Å². The maximum atomic E-state index is 12.6. The average Bonchev–Trinajstić information content (AvgIpc) is 3.23. The molecule has 0 spiro atoms. The summed E-state index contributed by atoms with van der Waals surface area (Å²) in [5.74, 6) is -1.39. The third kappa shape index (κ3) is 3.64. The number of benzene rings is 3. The Morgan fingerprint density at radius 3 is 2.00 bits per heavy atom. The van der Waals surface area contributed by atoms with Crippen molar-refractivity contribution < 1.29 is 9.59 Å². The van der Waals surface area contributed by atoms with Gasteiger partial charge in [-0.2, -0.15) is 0 Å². The van der Waals surface area contributed by atoms with Gasteiger partial charge in [0.25, 0.3) is 0 Å². The minimum atomic E-state index is -0.703. The lowest BCUT2D eigenvalue weighted by molar-refractivity contribution is -0.136. The van der Waals surface area contributed by atoms with Gasteiger partial charge < -0.3 is 15.6 Å². The molecule has 0 aliphatic heterocycles. The van der Waals surface area contributed by atoms with Crippen LogP contribution in [0.2, 0.25) is 0 Å². The van der Waals surface area contributed by atoms with Crippen LogP contribution in [0.3, 0.4) is 0 Å². The Bertz CT molecular complexity index is 1060. The first-order chi connectivity index (χ1) is 13.7. The lowest BCUT2D eigenvalue weighted by atomic mass is 9.98. The molecule has 3 N–H and O–H groups in total. The highest BCUT2D eigenvalue weighted by Crippen LogP contribution is 2.23. The van der Waals surface area contributed by atoms with Gasteiger partial charge in [0, 0.05) is 17.1 Å². The molecular weight excluding hydrogens is 350 g/mol. The molecule has 0 radical (unpaired) electrons. The second-order valence-corrected chi connectivity index (χ2v) is 6.43.